The highest BCUT2D eigenvalue weighted by molar-refractivity contribution is 5.68. The first kappa shape index (κ1) is 13.7. The molecule has 0 radical (unpaired) electrons. The molecule has 2 N–H and O–H groups in total. The predicted octanol–water partition coefficient (Wildman–Crippen LogP) is 4.31. The van der Waals surface area contributed by atoms with Crippen molar-refractivity contribution in [3.63, 3.8) is 0 Å². The number of hydrogen-bond acceptors (Lipinski definition) is 2. The number of hydrogen-bond donors (Lipinski definition) is 1. The van der Waals surface area contributed by atoms with Crippen LogP contribution in [-0.4, -0.2) is 11.9 Å². The molecule has 0 saturated carbocycles. The Bertz CT molecular complexity index is 631. The molecule has 0 spiro atoms. The maximum Gasteiger partial charge on any atom is 0.0542 e. The van der Waals surface area contributed by atoms with Gasteiger partial charge in [0, 0.05) is 18.9 Å². The van der Waals surface area contributed by atoms with Gasteiger partial charge in [0.2, 0.25) is 0 Å². The summed E-state index contributed by atoms with van der Waals surface area (Å²) in [4.78, 5) is 2.34. The summed E-state index contributed by atoms with van der Waals surface area (Å²) in [5.41, 5.74) is 11.0. The first-order valence-electron chi connectivity index (χ1n) is 7.59. The van der Waals surface area contributed by atoms with Crippen molar-refractivity contribution in [2.75, 3.05) is 7.05 Å². The molecule has 1 aliphatic rings. The molecule has 1 unspecified atom stereocenters. The Morgan fingerprint density at radius 2 is 1.76 bits per heavy atom. The van der Waals surface area contributed by atoms with Crippen LogP contribution in [-0.2, 0) is 0 Å². The van der Waals surface area contributed by atoms with Crippen LogP contribution in [0.15, 0.2) is 66.5 Å². The van der Waals surface area contributed by atoms with Crippen LogP contribution in [0.2, 0.25) is 0 Å². The summed E-state index contributed by atoms with van der Waals surface area (Å²) in [7, 11) is 2.16. The number of nitrogens with two attached hydrogens (primary N) is 1. The average Bonchev–Trinajstić information content (AvgIpc) is 2.56. The zero-order valence-electron chi connectivity index (χ0n) is 12.5. The van der Waals surface area contributed by atoms with Gasteiger partial charge in [0.15, 0.2) is 0 Å². The van der Waals surface area contributed by atoms with Crippen molar-refractivity contribution < 1.29 is 0 Å². The summed E-state index contributed by atoms with van der Waals surface area (Å²) in [5, 5.41) is 0. The monoisotopic (exact) mass is 278 g/mol. The third kappa shape index (κ3) is 2.66. The highest BCUT2D eigenvalue weighted by atomic mass is 15.2. The van der Waals surface area contributed by atoms with Gasteiger partial charge in [0.05, 0.1) is 6.04 Å². The van der Waals surface area contributed by atoms with E-state index >= 15 is 0 Å². The van der Waals surface area contributed by atoms with Gasteiger partial charge < -0.3 is 10.6 Å². The van der Waals surface area contributed by atoms with E-state index in [1.165, 1.54) is 35.2 Å². The molecule has 2 aromatic rings. The number of allylic oxidation sites excluding steroid dienone is 1. The predicted molar refractivity (Wildman–Crippen MR) is 88.5 cm³/mol. The molecule has 0 aliphatic carbocycles. The van der Waals surface area contributed by atoms with E-state index in [1.807, 2.05) is 0 Å². The second-order valence-corrected chi connectivity index (χ2v) is 5.63. The molecular formula is C19H22N2. The largest absolute Gasteiger partial charge is 0.403 e. The van der Waals surface area contributed by atoms with Gasteiger partial charge in [-0.2, -0.15) is 0 Å². The van der Waals surface area contributed by atoms with E-state index in [1.54, 1.807) is 6.20 Å². The second kappa shape index (κ2) is 6.04. The van der Waals surface area contributed by atoms with Gasteiger partial charge in [-0.25, -0.2) is 0 Å². The number of nitrogens with zero attached hydrogens (tertiary/aromatic N) is 1. The van der Waals surface area contributed by atoms with E-state index in [9.17, 15) is 0 Å². The Morgan fingerprint density at radius 3 is 2.52 bits per heavy atom. The van der Waals surface area contributed by atoms with Gasteiger partial charge in [-0.15, -0.1) is 0 Å². The fraction of sp³-hybridized carbons (Fsp3) is 0.263. The van der Waals surface area contributed by atoms with Gasteiger partial charge in [0.25, 0.3) is 0 Å². The molecule has 0 aromatic heterocycles. The van der Waals surface area contributed by atoms with Crippen molar-refractivity contribution in [2.24, 2.45) is 5.73 Å². The molecule has 2 heteroatoms. The molecule has 3 rings (SSSR count). The third-order valence-corrected chi connectivity index (χ3v) is 4.43. The quantitative estimate of drug-likeness (QED) is 0.887. The van der Waals surface area contributed by atoms with Gasteiger partial charge in [0.1, 0.15) is 0 Å². The minimum Gasteiger partial charge on any atom is -0.403 e. The van der Waals surface area contributed by atoms with Crippen molar-refractivity contribution >= 4 is 0 Å². The fourth-order valence-corrected chi connectivity index (χ4v) is 3.28. The lowest BCUT2D eigenvalue weighted by atomic mass is 9.88. The van der Waals surface area contributed by atoms with E-state index in [2.05, 4.69) is 66.5 Å². The summed E-state index contributed by atoms with van der Waals surface area (Å²) < 4.78 is 0. The highest BCUT2D eigenvalue weighted by Crippen LogP contribution is 2.38. The number of benzene rings is 2. The Morgan fingerprint density at radius 1 is 1.05 bits per heavy atom. The molecule has 0 bridgehead atoms. The maximum absolute atomic E-state index is 5.78. The van der Waals surface area contributed by atoms with Crippen LogP contribution in [0.25, 0.3) is 11.1 Å². The van der Waals surface area contributed by atoms with E-state index in [0.717, 1.165) is 6.42 Å². The van der Waals surface area contributed by atoms with Gasteiger partial charge in [-0.3, -0.25) is 0 Å². The Balaban J connectivity index is 2.03. The highest BCUT2D eigenvalue weighted by Gasteiger charge is 2.25. The first-order valence-corrected chi connectivity index (χ1v) is 7.59. The Labute approximate surface area is 126 Å². The van der Waals surface area contributed by atoms with Crippen LogP contribution in [0.3, 0.4) is 0 Å². The maximum atomic E-state index is 5.78. The summed E-state index contributed by atoms with van der Waals surface area (Å²) in [6, 6.07) is 19.8. The zero-order valence-corrected chi connectivity index (χ0v) is 12.5. The molecule has 1 atom stereocenters. The Hall–Kier alpha value is -2.22. The molecule has 108 valence electrons. The lowest BCUT2D eigenvalue weighted by molar-refractivity contribution is 0.242. The van der Waals surface area contributed by atoms with Crippen molar-refractivity contribution in [3.8, 4) is 11.1 Å². The SMILES string of the molecule is CN1/C(=C\N)CCCC1c1ccccc1-c1ccccc1. The molecule has 1 fully saturated rings. The molecule has 1 aliphatic heterocycles. The van der Waals surface area contributed by atoms with Crippen LogP contribution >= 0.6 is 0 Å². The van der Waals surface area contributed by atoms with Crippen LogP contribution in [0.1, 0.15) is 30.9 Å². The van der Waals surface area contributed by atoms with Crippen LogP contribution in [0, 0.1) is 0 Å². The smallest absolute Gasteiger partial charge is 0.0542 e. The van der Waals surface area contributed by atoms with E-state index < -0.39 is 0 Å². The molecule has 1 saturated heterocycles. The number of piperidine rings is 1. The van der Waals surface area contributed by atoms with E-state index in [4.69, 9.17) is 5.73 Å². The second-order valence-electron chi connectivity index (χ2n) is 5.63. The molecule has 2 aromatic carbocycles. The molecule has 0 amide bonds. The number of rotatable bonds is 2. The van der Waals surface area contributed by atoms with Gasteiger partial charge in [-0.05, 0) is 36.0 Å². The topological polar surface area (TPSA) is 29.3 Å². The molecule has 1 heterocycles. The zero-order chi connectivity index (χ0) is 14.7. The lowest BCUT2D eigenvalue weighted by Gasteiger charge is -2.37. The number of likely N-dealkylation sites (tertiary alicyclic amines) is 1. The summed E-state index contributed by atoms with van der Waals surface area (Å²) in [6.45, 7) is 0. The summed E-state index contributed by atoms with van der Waals surface area (Å²) in [5.74, 6) is 0. The van der Waals surface area contributed by atoms with Gasteiger partial charge in [-0.1, -0.05) is 54.6 Å². The van der Waals surface area contributed by atoms with Crippen LogP contribution in [0.4, 0.5) is 0 Å². The standard InChI is InChI=1S/C19H22N2/c1-21-16(14-20)10-7-13-19(21)18-12-6-5-11-17(18)15-8-3-2-4-9-15/h2-6,8-9,11-12,14,19H,7,10,13,20H2,1H3/b16-14-. The fourth-order valence-electron chi connectivity index (χ4n) is 3.28. The molecular weight excluding hydrogens is 256 g/mol. The average molecular weight is 278 g/mol. The third-order valence-electron chi connectivity index (χ3n) is 4.43. The minimum atomic E-state index is 0.407. The van der Waals surface area contributed by atoms with Gasteiger partial charge >= 0.3 is 0 Å². The van der Waals surface area contributed by atoms with E-state index in [-0.39, 0.29) is 0 Å². The van der Waals surface area contributed by atoms with Crippen molar-refractivity contribution in [2.45, 2.75) is 25.3 Å². The first-order chi connectivity index (χ1) is 10.3. The molecule has 2 nitrogen and oxygen atoms in total. The van der Waals surface area contributed by atoms with Crippen molar-refractivity contribution in [1.29, 1.82) is 0 Å². The summed E-state index contributed by atoms with van der Waals surface area (Å²) >= 11 is 0. The minimum absolute atomic E-state index is 0.407. The van der Waals surface area contributed by atoms with Crippen LogP contribution < -0.4 is 5.73 Å². The molecule has 21 heavy (non-hydrogen) atoms. The lowest BCUT2D eigenvalue weighted by Crippen LogP contribution is -2.29. The van der Waals surface area contributed by atoms with Crippen LogP contribution in [0.5, 0.6) is 0 Å². The Kier molecular flexibility index (Phi) is 3.96. The van der Waals surface area contributed by atoms with Crippen molar-refractivity contribution in [3.05, 3.63) is 72.1 Å². The normalized spacial score (nSPS) is 20.7. The van der Waals surface area contributed by atoms with Crippen molar-refractivity contribution in [1.82, 2.24) is 4.90 Å². The van der Waals surface area contributed by atoms with E-state index in [0.29, 0.717) is 6.04 Å². The summed E-state index contributed by atoms with van der Waals surface area (Å²) in [6.07, 6.45) is 5.22.